The van der Waals surface area contributed by atoms with Gasteiger partial charge in [0, 0.05) is 36.9 Å². The van der Waals surface area contributed by atoms with Gasteiger partial charge in [-0.2, -0.15) is 10.3 Å². The smallest absolute Gasteiger partial charge is 0.232 e. The lowest BCUT2D eigenvalue weighted by molar-refractivity contribution is -0.144. The molecule has 45 heavy (non-hydrogen) atoms. The van der Waals surface area contributed by atoms with Gasteiger partial charge in [0.25, 0.3) is 0 Å². The van der Waals surface area contributed by atoms with Gasteiger partial charge in [-0.1, -0.05) is 24.1 Å². The second kappa shape index (κ2) is 11.7. The summed E-state index contributed by atoms with van der Waals surface area (Å²) >= 11 is 0. The number of H-pyrrole nitrogens is 2. The fourth-order valence-electron chi connectivity index (χ4n) is 7.66. The number of aromatic amines is 2. The Labute approximate surface area is 264 Å². The molecule has 2 bridgehead atoms. The van der Waals surface area contributed by atoms with E-state index in [1.165, 1.54) is 35.1 Å². The van der Waals surface area contributed by atoms with Crippen LogP contribution in [0.5, 0.6) is 0 Å². The lowest BCUT2D eigenvalue weighted by Crippen LogP contribution is -2.55. The number of carbonyl (C=O) groups is 1. The van der Waals surface area contributed by atoms with Crippen molar-refractivity contribution in [2.24, 2.45) is 5.92 Å². The minimum absolute atomic E-state index is 0.194. The number of fused-ring (bicyclic) bond motifs is 5. The molecule has 3 N–H and O–H groups in total. The van der Waals surface area contributed by atoms with Crippen LogP contribution in [-0.4, -0.2) is 66.8 Å². The van der Waals surface area contributed by atoms with Gasteiger partial charge in [0.05, 0.1) is 11.1 Å². The van der Waals surface area contributed by atoms with E-state index >= 15 is 0 Å². The van der Waals surface area contributed by atoms with Crippen LogP contribution in [0.25, 0.3) is 33.5 Å². The Bertz CT molecular complexity index is 1840. The monoisotopic (exact) mass is 604 g/mol. The second-order valence-corrected chi connectivity index (χ2v) is 14.0. The van der Waals surface area contributed by atoms with Gasteiger partial charge in [0.2, 0.25) is 11.6 Å². The number of nitrogens with one attached hydrogen (secondary N) is 3. The maximum atomic E-state index is 14.1. The standard InChI is InChI=1S/C36H44N8O/c1-21-12-22(2)14-26(13-21)32-31(23(3)17-37-11-10-25-15-30-34(38-18-25)42-43-41-30)29-16-27(19-39-33(29)40-32)36(4,5)35(45)44-20-24-6-8-28(44)9-7-24/h12-16,18-19,23-24,28,37H,6-11,17,20H2,1-5H3,(H,39,40)(H,38,41,42,43). The first-order chi connectivity index (χ1) is 21.7. The number of rotatable bonds is 9. The highest BCUT2D eigenvalue weighted by Gasteiger charge is 2.42. The van der Waals surface area contributed by atoms with Crippen molar-refractivity contribution in [1.82, 2.24) is 40.6 Å². The fourth-order valence-corrected chi connectivity index (χ4v) is 7.66. The molecule has 1 amide bonds. The van der Waals surface area contributed by atoms with E-state index in [0.717, 1.165) is 72.3 Å². The van der Waals surface area contributed by atoms with Crippen molar-refractivity contribution in [3.63, 3.8) is 0 Å². The number of amides is 1. The molecule has 6 heterocycles. The van der Waals surface area contributed by atoms with Crippen LogP contribution < -0.4 is 5.32 Å². The third kappa shape index (κ3) is 5.63. The van der Waals surface area contributed by atoms with Gasteiger partial charge < -0.3 is 15.2 Å². The average molecular weight is 605 g/mol. The van der Waals surface area contributed by atoms with Crippen LogP contribution in [0.4, 0.5) is 0 Å². The average Bonchev–Trinajstić information content (AvgIpc) is 3.67. The molecule has 3 fully saturated rings. The van der Waals surface area contributed by atoms with Crippen LogP contribution in [0.1, 0.15) is 80.2 Å². The lowest BCUT2D eigenvalue weighted by Gasteiger charge is -2.47. The molecule has 5 aromatic rings. The van der Waals surface area contributed by atoms with E-state index in [-0.39, 0.29) is 11.8 Å². The highest BCUT2D eigenvalue weighted by molar-refractivity contribution is 5.93. The van der Waals surface area contributed by atoms with Crippen molar-refractivity contribution >= 4 is 28.1 Å². The molecular formula is C36H44N8O. The maximum Gasteiger partial charge on any atom is 0.232 e. The van der Waals surface area contributed by atoms with Crippen molar-refractivity contribution in [3.05, 3.63) is 70.5 Å². The fraction of sp³-hybridized carbons (Fsp3) is 0.472. The molecule has 4 aromatic heterocycles. The van der Waals surface area contributed by atoms with Crippen LogP contribution in [-0.2, 0) is 16.6 Å². The Kier molecular flexibility index (Phi) is 7.68. The Morgan fingerprint density at radius 3 is 2.53 bits per heavy atom. The first kappa shape index (κ1) is 29.6. The molecule has 2 saturated heterocycles. The zero-order chi connectivity index (χ0) is 31.3. The molecule has 0 radical (unpaired) electrons. The second-order valence-electron chi connectivity index (χ2n) is 14.0. The molecule has 234 valence electrons. The van der Waals surface area contributed by atoms with Crippen LogP contribution in [0.15, 0.2) is 42.7 Å². The summed E-state index contributed by atoms with van der Waals surface area (Å²) in [7, 11) is 0. The molecule has 1 unspecified atom stereocenters. The molecule has 3 aliphatic rings. The summed E-state index contributed by atoms with van der Waals surface area (Å²) in [6.45, 7) is 13.2. The summed E-state index contributed by atoms with van der Waals surface area (Å²) in [5, 5.41) is 15.6. The number of nitrogens with zero attached hydrogens (tertiary/aromatic N) is 5. The predicted molar refractivity (Wildman–Crippen MR) is 178 cm³/mol. The van der Waals surface area contributed by atoms with Gasteiger partial charge in [-0.15, -0.1) is 5.10 Å². The number of aromatic nitrogens is 6. The Balaban J connectivity index is 1.18. The predicted octanol–water partition coefficient (Wildman–Crippen LogP) is 6.13. The SMILES string of the molecule is Cc1cc(C)cc(-c2[nH]c3ncc(C(C)(C)C(=O)N4CC5CCC4CC5)cc3c2C(C)CNCCc2cnc3n[nH]nc3c2)c1. The third-order valence-corrected chi connectivity index (χ3v) is 10.2. The summed E-state index contributed by atoms with van der Waals surface area (Å²) in [6, 6.07) is 11.4. The van der Waals surface area contributed by atoms with E-state index in [4.69, 9.17) is 4.98 Å². The van der Waals surface area contributed by atoms with Gasteiger partial charge in [0.1, 0.15) is 11.2 Å². The molecule has 9 nitrogen and oxygen atoms in total. The molecule has 8 rings (SSSR count). The van der Waals surface area contributed by atoms with E-state index in [9.17, 15) is 4.79 Å². The molecule has 0 spiro atoms. The van der Waals surface area contributed by atoms with Gasteiger partial charge in [-0.05, 0) is 125 Å². The normalized spacial score (nSPS) is 19.1. The lowest BCUT2D eigenvalue weighted by atomic mass is 9.76. The van der Waals surface area contributed by atoms with Gasteiger partial charge in [-0.25, -0.2) is 9.97 Å². The first-order valence-corrected chi connectivity index (χ1v) is 16.5. The zero-order valence-corrected chi connectivity index (χ0v) is 27.1. The van der Waals surface area contributed by atoms with Crippen molar-refractivity contribution in [3.8, 4) is 11.3 Å². The van der Waals surface area contributed by atoms with Crippen molar-refractivity contribution in [2.75, 3.05) is 19.6 Å². The Hall–Kier alpha value is -4.11. The highest BCUT2D eigenvalue weighted by Crippen LogP contribution is 2.40. The maximum absolute atomic E-state index is 14.1. The Morgan fingerprint density at radius 1 is 1.02 bits per heavy atom. The largest absolute Gasteiger partial charge is 0.339 e. The third-order valence-electron chi connectivity index (χ3n) is 10.2. The van der Waals surface area contributed by atoms with Gasteiger partial charge in [0.15, 0.2) is 0 Å². The highest BCUT2D eigenvalue weighted by atomic mass is 16.2. The topological polar surface area (TPSA) is 115 Å². The summed E-state index contributed by atoms with van der Waals surface area (Å²) in [5.74, 6) is 1.08. The van der Waals surface area contributed by atoms with E-state index in [1.807, 2.05) is 18.5 Å². The van der Waals surface area contributed by atoms with Crippen LogP contribution in [0.3, 0.4) is 0 Å². The number of hydrogen-bond acceptors (Lipinski definition) is 6. The number of hydrogen-bond donors (Lipinski definition) is 3. The number of aryl methyl sites for hydroxylation is 2. The Morgan fingerprint density at radius 2 is 1.80 bits per heavy atom. The van der Waals surface area contributed by atoms with E-state index in [1.54, 1.807) is 0 Å². The van der Waals surface area contributed by atoms with Crippen molar-refractivity contribution < 1.29 is 4.79 Å². The van der Waals surface area contributed by atoms with Crippen LogP contribution >= 0.6 is 0 Å². The first-order valence-electron chi connectivity index (χ1n) is 16.5. The van der Waals surface area contributed by atoms with Crippen molar-refractivity contribution in [1.29, 1.82) is 0 Å². The van der Waals surface area contributed by atoms with Crippen LogP contribution in [0.2, 0.25) is 0 Å². The molecule has 1 aliphatic carbocycles. The number of pyridine rings is 2. The minimum Gasteiger partial charge on any atom is -0.339 e. The van der Waals surface area contributed by atoms with E-state index in [0.29, 0.717) is 17.6 Å². The molecular weight excluding hydrogens is 560 g/mol. The molecule has 2 aliphatic heterocycles. The number of benzene rings is 1. The molecule has 1 saturated carbocycles. The van der Waals surface area contributed by atoms with E-state index in [2.05, 4.69) is 94.5 Å². The summed E-state index contributed by atoms with van der Waals surface area (Å²) in [4.78, 5) is 29.3. The zero-order valence-electron chi connectivity index (χ0n) is 27.1. The molecule has 1 atom stereocenters. The van der Waals surface area contributed by atoms with Crippen LogP contribution in [0, 0.1) is 19.8 Å². The number of piperidine rings is 2. The summed E-state index contributed by atoms with van der Waals surface area (Å²) in [5.41, 5.74) is 9.71. The molecule has 9 heteroatoms. The molecule has 1 aromatic carbocycles. The van der Waals surface area contributed by atoms with Gasteiger partial charge >= 0.3 is 0 Å². The van der Waals surface area contributed by atoms with Gasteiger partial charge in [-0.3, -0.25) is 4.79 Å². The summed E-state index contributed by atoms with van der Waals surface area (Å²) in [6.07, 6.45) is 9.43. The summed E-state index contributed by atoms with van der Waals surface area (Å²) < 4.78 is 0. The number of carbonyl (C=O) groups excluding carboxylic acids is 1. The van der Waals surface area contributed by atoms with Crippen molar-refractivity contribution in [2.45, 2.75) is 84.1 Å². The minimum atomic E-state index is -0.659. The van der Waals surface area contributed by atoms with E-state index < -0.39 is 5.41 Å². The quantitative estimate of drug-likeness (QED) is 0.175.